The molecule has 3 N–H and O–H groups in total. The van der Waals surface area contributed by atoms with Crippen molar-refractivity contribution in [2.45, 2.75) is 19.1 Å². The van der Waals surface area contributed by atoms with Crippen molar-refractivity contribution < 1.29 is 18.9 Å². The van der Waals surface area contributed by atoms with E-state index < -0.39 is 11.7 Å². The maximum atomic E-state index is 12.6. The first-order chi connectivity index (χ1) is 7.80. The van der Waals surface area contributed by atoms with Crippen LogP contribution in [0.5, 0.6) is 0 Å². The molecule has 0 aliphatic carbocycles. The number of hydrogen-bond acceptors (Lipinski definition) is 2. The van der Waals surface area contributed by atoms with Crippen LogP contribution in [0.2, 0.25) is 5.02 Å². The molecular formula is C9H9ClF3N4+. The van der Waals surface area contributed by atoms with E-state index in [1.807, 2.05) is 0 Å². The van der Waals surface area contributed by atoms with E-state index in [9.17, 15) is 13.2 Å². The van der Waals surface area contributed by atoms with Gasteiger partial charge in [-0.2, -0.15) is 13.2 Å². The van der Waals surface area contributed by atoms with E-state index >= 15 is 0 Å². The van der Waals surface area contributed by atoms with Gasteiger partial charge in [-0.25, -0.2) is 0 Å². The highest BCUT2D eigenvalue weighted by Crippen LogP contribution is 2.32. The van der Waals surface area contributed by atoms with Gasteiger partial charge < -0.3 is 5.73 Å². The van der Waals surface area contributed by atoms with Crippen molar-refractivity contribution in [2.75, 3.05) is 0 Å². The van der Waals surface area contributed by atoms with Crippen LogP contribution in [0, 0.1) is 0 Å². The Labute approximate surface area is 99.2 Å². The molecule has 0 bridgehead atoms. The minimum Gasteiger partial charge on any atom is -0.349 e. The lowest BCUT2D eigenvalue weighted by Gasteiger charge is -2.09. The van der Waals surface area contributed by atoms with Gasteiger partial charge in [0.2, 0.25) is 0 Å². The van der Waals surface area contributed by atoms with E-state index in [2.05, 4.69) is 15.9 Å². The van der Waals surface area contributed by atoms with Gasteiger partial charge in [0.25, 0.3) is 0 Å². The van der Waals surface area contributed by atoms with Crippen molar-refractivity contribution in [2.24, 2.45) is 0 Å². The zero-order valence-electron chi connectivity index (χ0n) is 8.79. The van der Waals surface area contributed by atoms with Crippen LogP contribution in [0.1, 0.15) is 24.4 Å². The molecule has 2 heterocycles. The number of fused-ring (bicyclic) bond motifs is 1. The Morgan fingerprint density at radius 3 is 2.59 bits per heavy atom. The fourth-order valence-corrected chi connectivity index (χ4v) is 1.71. The average molecular weight is 266 g/mol. The van der Waals surface area contributed by atoms with E-state index in [4.69, 9.17) is 11.6 Å². The number of quaternary nitrogens is 1. The van der Waals surface area contributed by atoms with Gasteiger partial charge in [-0.15, -0.1) is 10.2 Å². The van der Waals surface area contributed by atoms with Gasteiger partial charge in [0, 0.05) is 6.20 Å². The molecule has 4 nitrogen and oxygen atoms in total. The van der Waals surface area contributed by atoms with Crippen LogP contribution in [0.15, 0.2) is 12.3 Å². The third kappa shape index (κ3) is 2.07. The number of alkyl halides is 3. The number of nitrogens with zero attached hydrogens (tertiary/aromatic N) is 3. The Kier molecular flexibility index (Phi) is 2.75. The second-order valence-corrected chi connectivity index (χ2v) is 4.13. The van der Waals surface area contributed by atoms with Crippen molar-refractivity contribution in [3.63, 3.8) is 0 Å². The first-order valence-electron chi connectivity index (χ1n) is 4.75. The molecule has 0 amide bonds. The van der Waals surface area contributed by atoms with Gasteiger partial charge in [-0.05, 0) is 13.0 Å². The molecule has 0 aliphatic rings. The molecule has 0 fully saturated rings. The zero-order valence-corrected chi connectivity index (χ0v) is 9.55. The second kappa shape index (κ2) is 3.85. The molecule has 2 aromatic heterocycles. The summed E-state index contributed by atoms with van der Waals surface area (Å²) in [5.74, 6) is 0.341. The van der Waals surface area contributed by atoms with E-state index in [-0.39, 0.29) is 16.7 Å². The predicted molar refractivity (Wildman–Crippen MR) is 54.3 cm³/mol. The van der Waals surface area contributed by atoms with E-state index in [0.29, 0.717) is 5.82 Å². The van der Waals surface area contributed by atoms with Gasteiger partial charge in [0.15, 0.2) is 11.5 Å². The topological polar surface area (TPSA) is 57.8 Å². The number of pyridine rings is 1. The van der Waals surface area contributed by atoms with Gasteiger partial charge in [0.05, 0.1) is 10.6 Å². The molecule has 1 atom stereocenters. The zero-order chi connectivity index (χ0) is 12.8. The van der Waals surface area contributed by atoms with Crippen LogP contribution in [-0.2, 0) is 6.18 Å². The maximum absolute atomic E-state index is 12.6. The van der Waals surface area contributed by atoms with E-state index in [0.717, 1.165) is 12.3 Å². The summed E-state index contributed by atoms with van der Waals surface area (Å²) in [4.78, 5) is 0. The number of hydrogen-bond donors (Lipinski definition) is 1. The van der Waals surface area contributed by atoms with Crippen molar-refractivity contribution in [3.05, 3.63) is 28.7 Å². The predicted octanol–water partition coefficient (Wildman–Crippen LogP) is 1.70. The smallest absolute Gasteiger partial charge is 0.349 e. The third-order valence-corrected chi connectivity index (χ3v) is 2.53. The summed E-state index contributed by atoms with van der Waals surface area (Å²) in [6, 6.07) is 0.549. The highest BCUT2D eigenvalue weighted by Gasteiger charge is 2.32. The quantitative estimate of drug-likeness (QED) is 0.853. The van der Waals surface area contributed by atoms with Gasteiger partial charge >= 0.3 is 6.18 Å². The van der Waals surface area contributed by atoms with Crippen LogP contribution in [-0.4, -0.2) is 14.6 Å². The summed E-state index contributed by atoms with van der Waals surface area (Å²) < 4.78 is 39.0. The van der Waals surface area contributed by atoms with E-state index in [1.54, 1.807) is 6.92 Å². The standard InChI is InChI=1S/C9H8ClF3N4/c1-4(14)7-15-16-8-6(10)2-5(3-17(7)8)9(11,12)13/h2-4H,14H2,1H3/p+1/t4-/m0/s1. The SMILES string of the molecule is C[C@H]([NH3+])c1nnc2c(Cl)cc(C(F)(F)F)cn12. The Morgan fingerprint density at radius 1 is 1.41 bits per heavy atom. The average Bonchev–Trinajstić information content (AvgIpc) is 2.60. The lowest BCUT2D eigenvalue weighted by Crippen LogP contribution is -2.52. The molecule has 0 spiro atoms. The molecular weight excluding hydrogens is 257 g/mol. The summed E-state index contributed by atoms with van der Waals surface area (Å²) >= 11 is 5.74. The molecule has 0 saturated carbocycles. The van der Waals surface area contributed by atoms with Crippen LogP contribution >= 0.6 is 11.6 Å². The number of halogens is 4. The monoisotopic (exact) mass is 265 g/mol. The van der Waals surface area contributed by atoms with Crippen LogP contribution in [0.4, 0.5) is 13.2 Å². The Bertz CT molecular complexity index is 561. The number of aromatic nitrogens is 3. The summed E-state index contributed by atoms with van der Waals surface area (Å²) in [5.41, 5.74) is 3.07. The molecule has 2 aromatic rings. The van der Waals surface area contributed by atoms with E-state index in [1.165, 1.54) is 4.40 Å². The molecule has 0 saturated heterocycles. The molecule has 0 aromatic carbocycles. The third-order valence-electron chi connectivity index (χ3n) is 2.25. The lowest BCUT2D eigenvalue weighted by molar-refractivity contribution is -0.422. The molecule has 0 unspecified atom stereocenters. The fraction of sp³-hybridized carbons (Fsp3) is 0.333. The molecule has 17 heavy (non-hydrogen) atoms. The summed E-state index contributed by atoms with van der Waals surface area (Å²) in [7, 11) is 0. The van der Waals surface area contributed by atoms with Crippen molar-refractivity contribution in [1.82, 2.24) is 14.6 Å². The second-order valence-electron chi connectivity index (χ2n) is 3.73. The van der Waals surface area contributed by atoms with Crippen LogP contribution in [0.25, 0.3) is 5.65 Å². The molecule has 0 aliphatic heterocycles. The minimum atomic E-state index is -4.45. The first kappa shape index (κ1) is 12.1. The highest BCUT2D eigenvalue weighted by atomic mass is 35.5. The number of rotatable bonds is 1. The first-order valence-corrected chi connectivity index (χ1v) is 5.13. The lowest BCUT2D eigenvalue weighted by atomic mass is 10.2. The Hall–Kier alpha value is -1.34. The highest BCUT2D eigenvalue weighted by molar-refractivity contribution is 6.33. The van der Waals surface area contributed by atoms with Gasteiger partial charge in [0.1, 0.15) is 6.04 Å². The molecule has 0 radical (unpaired) electrons. The summed E-state index contributed by atoms with van der Waals surface area (Å²) in [5, 5.41) is 7.43. The normalized spacial score (nSPS) is 14.2. The maximum Gasteiger partial charge on any atom is 0.417 e. The Balaban J connectivity index is 2.74. The summed E-state index contributed by atoms with van der Waals surface area (Å²) in [6.45, 7) is 1.71. The fourth-order valence-electron chi connectivity index (χ4n) is 1.46. The van der Waals surface area contributed by atoms with Crippen LogP contribution < -0.4 is 5.73 Å². The van der Waals surface area contributed by atoms with Crippen LogP contribution in [0.3, 0.4) is 0 Å². The van der Waals surface area contributed by atoms with Crippen molar-refractivity contribution >= 4 is 17.2 Å². The summed E-state index contributed by atoms with van der Waals surface area (Å²) in [6.07, 6.45) is -3.53. The molecule has 8 heteroatoms. The molecule has 92 valence electrons. The van der Waals surface area contributed by atoms with Crippen molar-refractivity contribution in [3.8, 4) is 0 Å². The van der Waals surface area contributed by atoms with Gasteiger partial charge in [-0.1, -0.05) is 11.6 Å². The molecule has 2 rings (SSSR count). The van der Waals surface area contributed by atoms with Gasteiger partial charge in [-0.3, -0.25) is 4.40 Å². The largest absolute Gasteiger partial charge is 0.417 e. The Morgan fingerprint density at radius 2 is 2.06 bits per heavy atom. The minimum absolute atomic E-state index is 0.0841. The van der Waals surface area contributed by atoms with Crippen molar-refractivity contribution in [1.29, 1.82) is 0 Å².